The Morgan fingerprint density at radius 1 is 0.714 bits per heavy atom. The van der Waals surface area contributed by atoms with Crippen molar-refractivity contribution < 1.29 is 9.47 Å². The zero-order chi connectivity index (χ0) is 18.5. The summed E-state index contributed by atoms with van der Waals surface area (Å²) in [6.07, 6.45) is 2.37. The van der Waals surface area contributed by atoms with Crippen LogP contribution in [-0.2, 0) is 35.4 Å². The lowest BCUT2D eigenvalue weighted by molar-refractivity contribution is 0.380. The minimum absolute atomic E-state index is 0.327. The van der Waals surface area contributed by atoms with E-state index >= 15 is 0 Å². The van der Waals surface area contributed by atoms with Crippen LogP contribution in [0.15, 0.2) is 48.5 Å². The number of rotatable bonds is 7. The number of aryl methyl sites for hydroxylation is 2. The zero-order valence-corrected chi connectivity index (χ0v) is 15.6. The highest BCUT2D eigenvalue weighted by Gasteiger charge is 2.27. The van der Waals surface area contributed by atoms with Gasteiger partial charge in [-0.3, -0.25) is 0 Å². The van der Waals surface area contributed by atoms with Gasteiger partial charge in [0.25, 0.3) is 0 Å². The molecule has 0 radical (unpaired) electrons. The number of aromatic nitrogens is 4. The zero-order valence-electron chi connectivity index (χ0n) is 15.6. The average molecular weight is 374 g/mol. The Hall–Kier alpha value is -2.70. The summed E-state index contributed by atoms with van der Waals surface area (Å²) in [5.74, 6) is 2.22. The molecule has 6 nitrogen and oxygen atoms in total. The van der Waals surface area contributed by atoms with Crippen LogP contribution in [0.3, 0.4) is 0 Å². The van der Waals surface area contributed by atoms with Crippen LogP contribution in [0, 0.1) is 0 Å². The molecular formula is C22H22N4O2. The quantitative estimate of drug-likeness (QED) is 0.467. The molecule has 0 saturated carbocycles. The molecule has 0 aliphatic carbocycles. The highest BCUT2D eigenvalue weighted by Crippen LogP contribution is 2.24. The van der Waals surface area contributed by atoms with E-state index in [1.165, 1.54) is 11.0 Å². The van der Waals surface area contributed by atoms with E-state index in [4.69, 9.17) is 19.4 Å². The molecule has 4 heterocycles. The largest absolute Gasteiger partial charge is 0.371 e. The molecule has 6 heteroatoms. The van der Waals surface area contributed by atoms with Crippen molar-refractivity contribution in [2.24, 2.45) is 0 Å². The first-order valence-corrected chi connectivity index (χ1v) is 9.96. The maximum Gasteiger partial charge on any atom is 0.110 e. The molecule has 2 aliphatic rings. The van der Waals surface area contributed by atoms with Gasteiger partial charge in [-0.05, 0) is 24.3 Å². The summed E-state index contributed by atoms with van der Waals surface area (Å²) < 4.78 is 15.6. The number of imidazole rings is 2. The van der Waals surface area contributed by atoms with Crippen molar-refractivity contribution in [3.05, 3.63) is 60.2 Å². The first-order valence-electron chi connectivity index (χ1n) is 9.96. The van der Waals surface area contributed by atoms with Gasteiger partial charge in [0, 0.05) is 12.8 Å². The molecule has 2 fully saturated rings. The molecule has 28 heavy (non-hydrogen) atoms. The van der Waals surface area contributed by atoms with Crippen molar-refractivity contribution in [2.45, 2.75) is 38.1 Å². The molecule has 2 saturated heterocycles. The molecule has 6 rings (SSSR count). The normalized spacial score (nSPS) is 20.9. The first-order chi connectivity index (χ1) is 13.8. The van der Waals surface area contributed by atoms with Crippen LogP contribution >= 0.6 is 0 Å². The van der Waals surface area contributed by atoms with Gasteiger partial charge in [-0.15, -0.1) is 0 Å². The predicted molar refractivity (Wildman–Crippen MR) is 106 cm³/mol. The summed E-state index contributed by atoms with van der Waals surface area (Å²) in [6.45, 7) is 3.45. The maximum atomic E-state index is 5.48. The van der Waals surface area contributed by atoms with E-state index in [9.17, 15) is 0 Å². The topological polar surface area (TPSA) is 60.7 Å². The van der Waals surface area contributed by atoms with Crippen LogP contribution in [0.4, 0.5) is 0 Å². The van der Waals surface area contributed by atoms with E-state index in [2.05, 4.69) is 45.5 Å². The summed E-state index contributed by atoms with van der Waals surface area (Å²) in [5, 5.41) is 0. The molecule has 2 atom stereocenters. The Morgan fingerprint density at radius 3 is 1.57 bits per heavy atom. The Bertz CT molecular complexity index is 1060. The van der Waals surface area contributed by atoms with Crippen molar-refractivity contribution in [1.29, 1.82) is 0 Å². The molecular weight excluding hydrogens is 352 g/mol. The lowest BCUT2D eigenvalue weighted by atomic mass is 10.2. The number of nitrogens with zero attached hydrogens (tertiary/aromatic N) is 4. The molecule has 2 aromatic carbocycles. The molecule has 2 aromatic heterocycles. The van der Waals surface area contributed by atoms with Gasteiger partial charge in [-0.2, -0.15) is 0 Å². The molecule has 2 aliphatic heterocycles. The highest BCUT2D eigenvalue weighted by molar-refractivity contribution is 5.76. The summed E-state index contributed by atoms with van der Waals surface area (Å²) >= 11 is 0. The van der Waals surface area contributed by atoms with E-state index in [-0.39, 0.29) is 0 Å². The van der Waals surface area contributed by atoms with Gasteiger partial charge in [-0.1, -0.05) is 24.3 Å². The third-order valence-corrected chi connectivity index (χ3v) is 5.62. The van der Waals surface area contributed by atoms with Crippen molar-refractivity contribution in [2.75, 3.05) is 13.2 Å². The SMILES string of the molecule is c1ccc2c(c1)nc(CCc1nc3ccccc3n1C[C@@H]1CO1)n2C[C@@H]1CO1. The third-order valence-electron chi connectivity index (χ3n) is 5.62. The first kappa shape index (κ1) is 16.3. The monoisotopic (exact) mass is 374 g/mol. The molecule has 0 spiro atoms. The van der Waals surface area contributed by atoms with Crippen LogP contribution in [0.2, 0.25) is 0 Å². The van der Waals surface area contributed by atoms with E-state index in [1.807, 2.05) is 12.1 Å². The number of fused-ring (bicyclic) bond motifs is 2. The van der Waals surface area contributed by atoms with Crippen molar-refractivity contribution in [3.8, 4) is 0 Å². The summed E-state index contributed by atoms with van der Waals surface area (Å²) in [5.41, 5.74) is 4.48. The summed E-state index contributed by atoms with van der Waals surface area (Å²) in [6, 6.07) is 16.7. The number of epoxide rings is 2. The molecule has 142 valence electrons. The van der Waals surface area contributed by atoms with Crippen LogP contribution < -0.4 is 0 Å². The number of para-hydroxylation sites is 4. The number of hydrogen-bond acceptors (Lipinski definition) is 4. The second kappa shape index (κ2) is 6.43. The van der Waals surface area contributed by atoms with E-state index in [0.29, 0.717) is 12.2 Å². The number of hydrogen-bond donors (Lipinski definition) is 0. The molecule has 0 N–H and O–H groups in total. The fourth-order valence-electron chi connectivity index (χ4n) is 4.02. The molecule has 4 aromatic rings. The smallest absolute Gasteiger partial charge is 0.110 e. The summed E-state index contributed by atoms with van der Waals surface area (Å²) in [4.78, 5) is 9.82. The highest BCUT2D eigenvalue weighted by atomic mass is 16.6. The molecule has 0 bridgehead atoms. The summed E-state index contributed by atoms with van der Waals surface area (Å²) in [7, 11) is 0. The Kier molecular flexibility index (Phi) is 3.74. The number of ether oxygens (including phenoxy) is 2. The molecule has 0 unspecified atom stereocenters. The van der Waals surface area contributed by atoms with E-state index in [0.717, 1.165) is 61.8 Å². The van der Waals surface area contributed by atoms with E-state index in [1.54, 1.807) is 0 Å². The standard InChI is InChI=1S/C22H22N4O2/c1-3-7-19-17(5-1)23-21(25(19)11-15-13-27-15)9-10-22-24-18-6-2-4-8-20(18)26(22)12-16-14-28-16/h1-8,15-16H,9-14H2/t15-,16-/m1/s1. The molecule has 0 amide bonds. The van der Waals surface area contributed by atoms with Gasteiger partial charge in [0.2, 0.25) is 0 Å². The van der Waals surface area contributed by atoms with Gasteiger partial charge in [-0.25, -0.2) is 9.97 Å². The van der Waals surface area contributed by atoms with Gasteiger partial charge >= 0.3 is 0 Å². The minimum atomic E-state index is 0.327. The van der Waals surface area contributed by atoms with Gasteiger partial charge < -0.3 is 18.6 Å². The minimum Gasteiger partial charge on any atom is -0.371 e. The second-order valence-corrected chi connectivity index (χ2v) is 7.67. The van der Waals surface area contributed by atoms with Crippen molar-refractivity contribution in [1.82, 2.24) is 19.1 Å². The Balaban J connectivity index is 1.33. The Labute approximate surface area is 162 Å². The maximum absolute atomic E-state index is 5.48. The van der Waals surface area contributed by atoms with Crippen LogP contribution in [0.25, 0.3) is 22.1 Å². The predicted octanol–water partition coefficient (Wildman–Crippen LogP) is 2.97. The van der Waals surface area contributed by atoms with Crippen molar-refractivity contribution in [3.63, 3.8) is 0 Å². The van der Waals surface area contributed by atoms with Crippen molar-refractivity contribution >= 4 is 22.1 Å². The van der Waals surface area contributed by atoms with E-state index < -0.39 is 0 Å². The fraction of sp³-hybridized carbons (Fsp3) is 0.364. The van der Waals surface area contributed by atoms with Gasteiger partial charge in [0.05, 0.1) is 60.6 Å². The lowest BCUT2D eigenvalue weighted by Crippen LogP contribution is -2.12. The number of benzene rings is 2. The van der Waals surface area contributed by atoms with Crippen LogP contribution in [0.5, 0.6) is 0 Å². The average Bonchev–Trinajstić information content (AvgIpc) is 3.63. The van der Waals surface area contributed by atoms with Crippen LogP contribution in [-0.4, -0.2) is 44.5 Å². The third kappa shape index (κ3) is 2.99. The van der Waals surface area contributed by atoms with Gasteiger partial charge in [0.1, 0.15) is 11.6 Å². The fourth-order valence-corrected chi connectivity index (χ4v) is 4.02. The Morgan fingerprint density at radius 2 is 1.14 bits per heavy atom. The van der Waals surface area contributed by atoms with Crippen LogP contribution in [0.1, 0.15) is 11.6 Å². The second-order valence-electron chi connectivity index (χ2n) is 7.67. The lowest BCUT2D eigenvalue weighted by Gasteiger charge is -2.09. The van der Waals surface area contributed by atoms with Gasteiger partial charge in [0.15, 0.2) is 0 Å².